The maximum Gasteiger partial charge on any atom is 0.305 e. The molecule has 3 atom stereocenters. The Balaban J connectivity index is 1.97. The molecule has 0 bridgehead atoms. The standard InChI is InChI=1S/C13H21NO3/c1-3-13(2)8-10(13)12(17)14-6-4-5-9(14)7-11(15)16/h9-10H,3-8H2,1-2H3,(H,15,16). The van der Waals surface area contributed by atoms with Gasteiger partial charge in [0, 0.05) is 18.5 Å². The summed E-state index contributed by atoms with van der Waals surface area (Å²) in [5, 5.41) is 8.84. The zero-order chi connectivity index (χ0) is 12.6. The van der Waals surface area contributed by atoms with Gasteiger partial charge in [0.25, 0.3) is 0 Å². The minimum absolute atomic E-state index is 0.0679. The van der Waals surface area contributed by atoms with Crippen molar-refractivity contribution in [3.05, 3.63) is 0 Å². The lowest BCUT2D eigenvalue weighted by Crippen LogP contribution is -2.38. The Morgan fingerprint density at radius 3 is 2.71 bits per heavy atom. The number of nitrogens with zero attached hydrogens (tertiary/aromatic N) is 1. The van der Waals surface area contributed by atoms with Crippen molar-refractivity contribution in [3.63, 3.8) is 0 Å². The van der Waals surface area contributed by atoms with E-state index in [9.17, 15) is 9.59 Å². The summed E-state index contributed by atoms with van der Waals surface area (Å²) in [6.07, 6.45) is 3.88. The summed E-state index contributed by atoms with van der Waals surface area (Å²) in [6, 6.07) is -0.0679. The Hall–Kier alpha value is -1.06. The molecule has 1 heterocycles. The molecule has 17 heavy (non-hydrogen) atoms. The maximum absolute atomic E-state index is 12.3. The van der Waals surface area contributed by atoms with Crippen molar-refractivity contribution in [2.24, 2.45) is 11.3 Å². The molecular weight excluding hydrogens is 218 g/mol. The summed E-state index contributed by atoms with van der Waals surface area (Å²) >= 11 is 0. The molecule has 3 unspecified atom stereocenters. The van der Waals surface area contributed by atoms with Gasteiger partial charge in [-0.05, 0) is 31.1 Å². The lowest BCUT2D eigenvalue weighted by atomic mass is 10.0. The largest absolute Gasteiger partial charge is 0.481 e. The Labute approximate surface area is 102 Å². The second-order valence-electron chi connectivity index (χ2n) is 5.69. The smallest absolute Gasteiger partial charge is 0.305 e. The van der Waals surface area contributed by atoms with Crippen LogP contribution in [-0.4, -0.2) is 34.5 Å². The van der Waals surface area contributed by atoms with Gasteiger partial charge < -0.3 is 10.0 Å². The van der Waals surface area contributed by atoms with Gasteiger partial charge in [-0.1, -0.05) is 13.8 Å². The molecule has 4 heteroatoms. The molecule has 2 rings (SSSR count). The van der Waals surface area contributed by atoms with Crippen LogP contribution in [0.15, 0.2) is 0 Å². The van der Waals surface area contributed by atoms with Crippen molar-refractivity contribution in [2.75, 3.05) is 6.54 Å². The second-order valence-corrected chi connectivity index (χ2v) is 5.69. The maximum atomic E-state index is 12.3. The van der Waals surface area contributed by atoms with Crippen LogP contribution in [0.5, 0.6) is 0 Å². The first-order valence-electron chi connectivity index (χ1n) is 6.50. The molecule has 2 fully saturated rings. The Morgan fingerprint density at radius 2 is 2.18 bits per heavy atom. The van der Waals surface area contributed by atoms with Crippen LogP contribution in [0.2, 0.25) is 0 Å². The molecule has 1 saturated heterocycles. The molecule has 1 saturated carbocycles. The van der Waals surface area contributed by atoms with E-state index in [1.165, 1.54) is 0 Å². The number of hydrogen-bond donors (Lipinski definition) is 1. The highest BCUT2D eigenvalue weighted by molar-refractivity contribution is 5.83. The van der Waals surface area contributed by atoms with E-state index in [4.69, 9.17) is 5.11 Å². The highest BCUT2D eigenvalue weighted by atomic mass is 16.4. The fraction of sp³-hybridized carbons (Fsp3) is 0.846. The molecule has 2 aliphatic rings. The molecule has 0 spiro atoms. The van der Waals surface area contributed by atoms with Crippen LogP contribution < -0.4 is 0 Å². The molecule has 4 nitrogen and oxygen atoms in total. The molecule has 0 aromatic carbocycles. The molecular formula is C13H21NO3. The molecule has 96 valence electrons. The minimum Gasteiger partial charge on any atom is -0.481 e. The van der Waals surface area contributed by atoms with Crippen LogP contribution in [0.4, 0.5) is 0 Å². The Bertz CT molecular complexity index is 342. The normalized spacial score (nSPS) is 36.0. The molecule has 0 aromatic heterocycles. The van der Waals surface area contributed by atoms with Gasteiger partial charge in [0.15, 0.2) is 0 Å². The van der Waals surface area contributed by atoms with E-state index in [1.807, 2.05) is 4.90 Å². The lowest BCUT2D eigenvalue weighted by molar-refractivity contribution is -0.140. The third-order valence-electron chi connectivity index (χ3n) is 4.53. The molecule has 1 N–H and O–H groups in total. The van der Waals surface area contributed by atoms with Crippen LogP contribution in [0.1, 0.15) is 46.0 Å². The van der Waals surface area contributed by atoms with Crippen molar-refractivity contribution in [2.45, 2.75) is 52.0 Å². The van der Waals surface area contributed by atoms with E-state index in [0.717, 1.165) is 32.2 Å². The summed E-state index contributed by atoms with van der Waals surface area (Å²) in [7, 11) is 0. The summed E-state index contributed by atoms with van der Waals surface area (Å²) in [5.74, 6) is -0.469. The van der Waals surface area contributed by atoms with Gasteiger partial charge in [0.05, 0.1) is 6.42 Å². The summed E-state index contributed by atoms with van der Waals surface area (Å²) < 4.78 is 0. The van der Waals surface area contributed by atoms with Crippen LogP contribution in [-0.2, 0) is 9.59 Å². The monoisotopic (exact) mass is 239 g/mol. The third kappa shape index (κ3) is 2.31. The lowest BCUT2D eigenvalue weighted by Gasteiger charge is -2.24. The van der Waals surface area contributed by atoms with Gasteiger partial charge in [0.1, 0.15) is 0 Å². The molecule has 1 amide bonds. The fourth-order valence-corrected chi connectivity index (χ4v) is 2.92. The highest BCUT2D eigenvalue weighted by Gasteiger charge is 2.55. The average molecular weight is 239 g/mol. The van der Waals surface area contributed by atoms with Crippen LogP contribution in [0.25, 0.3) is 0 Å². The number of amides is 1. The highest BCUT2D eigenvalue weighted by Crippen LogP contribution is 2.55. The van der Waals surface area contributed by atoms with Crippen LogP contribution >= 0.6 is 0 Å². The first-order valence-corrected chi connectivity index (χ1v) is 6.50. The topological polar surface area (TPSA) is 57.6 Å². The molecule has 0 radical (unpaired) electrons. The number of aliphatic carboxylic acids is 1. The van der Waals surface area contributed by atoms with Crippen molar-refractivity contribution < 1.29 is 14.7 Å². The van der Waals surface area contributed by atoms with E-state index in [1.54, 1.807) is 0 Å². The van der Waals surface area contributed by atoms with Crippen molar-refractivity contribution in [1.29, 1.82) is 0 Å². The van der Waals surface area contributed by atoms with Gasteiger partial charge in [-0.15, -0.1) is 0 Å². The SMILES string of the molecule is CCC1(C)CC1C(=O)N1CCCC1CC(=O)O. The van der Waals surface area contributed by atoms with Gasteiger partial charge in [-0.25, -0.2) is 0 Å². The van der Waals surface area contributed by atoms with E-state index in [2.05, 4.69) is 13.8 Å². The Morgan fingerprint density at radius 1 is 1.47 bits per heavy atom. The number of likely N-dealkylation sites (tertiary alicyclic amines) is 1. The van der Waals surface area contributed by atoms with Crippen molar-refractivity contribution >= 4 is 11.9 Å². The van der Waals surface area contributed by atoms with E-state index < -0.39 is 5.97 Å². The molecule has 0 aromatic rings. The first kappa shape index (κ1) is 12.4. The van der Waals surface area contributed by atoms with Gasteiger partial charge >= 0.3 is 5.97 Å². The van der Waals surface area contributed by atoms with Crippen LogP contribution in [0.3, 0.4) is 0 Å². The van der Waals surface area contributed by atoms with E-state index in [-0.39, 0.29) is 29.7 Å². The van der Waals surface area contributed by atoms with Crippen LogP contribution in [0, 0.1) is 11.3 Å². The fourth-order valence-electron chi connectivity index (χ4n) is 2.92. The minimum atomic E-state index is -0.802. The number of carboxylic acids is 1. The number of carbonyl (C=O) groups is 2. The number of rotatable bonds is 4. The average Bonchev–Trinajstić information content (AvgIpc) is 2.75. The summed E-state index contributed by atoms with van der Waals surface area (Å²) in [6.45, 7) is 5.01. The van der Waals surface area contributed by atoms with Crippen molar-refractivity contribution in [3.8, 4) is 0 Å². The van der Waals surface area contributed by atoms with Gasteiger partial charge in [-0.2, -0.15) is 0 Å². The number of carbonyl (C=O) groups excluding carboxylic acids is 1. The predicted octanol–water partition coefficient (Wildman–Crippen LogP) is 1.89. The van der Waals surface area contributed by atoms with Gasteiger partial charge in [-0.3, -0.25) is 9.59 Å². The Kier molecular flexibility index (Phi) is 3.15. The zero-order valence-corrected chi connectivity index (χ0v) is 10.6. The second kappa shape index (κ2) is 4.31. The third-order valence-corrected chi connectivity index (χ3v) is 4.53. The number of carboxylic acid groups (broad SMARTS) is 1. The molecule has 1 aliphatic carbocycles. The zero-order valence-electron chi connectivity index (χ0n) is 10.6. The predicted molar refractivity (Wildman–Crippen MR) is 63.5 cm³/mol. The number of hydrogen-bond acceptors (Lipinski definition) is 2. The van der Waals surface area contributed by atoms with Gasteiger partial charge in [0.2, 0.25) is 5.91 Å². The quantitative estimate of drug-likeness (QED) is 0.815. The first-order chi connectivity index (χ1) is 7.98. The van der Waals surface area contributed by atoms with E-state index in [0.29, 0.717) is 0 Å². The summed E-state index contributed by atoms with van der Waals surface area (Å²) in [5.41, 5.74) is 0.174. The van der Waals surface area contributed by atoms with E-state index >= 15 is 0 Å². The summed E-state index contributed by atoms with van der Waals surface area (Å²) in [4.78, 5) is 24.9. The molecule has 1 aliphatic heterocycles. The van der Waals surface area contributed by atoms with Crippen molar-refractivity contribution in [1.82, 2.24) is 4.90 Å².